The lowest BCUT2D eigenvalue weighted by molar-refractivity contribution is 0.445. The van der Waals surface area contributed by atoms with Crippen molar-refractivity contribution in [3.8, 4) is 0 Å². The molecule has 0 aliphatic heterocycles. The first-order valence-electron chi connectivity index (χ1n) is 10.5. The summed E-state index contributed by atoms with van der Waals surface area (Å²) in [5.41, 5.74) is 2.08. The van der Waals surface area contributed by atoms with E-state index in [1.807, 2.05) is 26.0 Å². The number of alkyl halides is 2. The molecule has 188 valence electrons. The van der Waals surface area contributed by atoms with E-state index in [2.05, 4.69) is 51.0 Å². The van der Waals surface area contributed by atoms with Crippen molar-refractivity contribution in [3.63, 3.8) is 0 Å². The summed E-state index contributed by atoms with van der Waals surface area (Å²) >= 11 is 6.58. The van der Waals surface area contributed by atoms with Gasteiger partial charge < -0.3 is 5.32 Å². The fourth-order valence-corrected chi connectivity index (χ4v) is 5.43. The Balaban J connectivity index is 0.000000530. The van der Waals surface area contributed by atoms with Gasteiger partial charge >= 0.3 is 0 Å². The molecule has 0 spiro atoms. The highest BCUT2D eigenvalue weighted by Crippen LogP contribution is 2.17. The third kappa shape index (κ3) is 12.2. The molecular formula is C22H33Br2ClN2O4S2. The molecule has 33 heavy (non-hydrogen) atoms. The zero-order valence-corrected chi connectivity index (χ0v) is 25.0. The Labute approximate surface area is 220 Å². The number of benzene rings is 2. The standard InChI is InChI=1S/C11H16BrNO2S.C7H6BrClO2S.C4H11N/c1-3-13(4-2)16(14,15)11-7-5-10(9-12)6-8-11;8-5-6-1-3-7(4-2-6)12(9,10)11;1-3-5-4-2/h5-8H,3-4,9H2,1-2H3;1-4H,5H2;5H,3-4H2,1-2H3. The molecule has 0 radical (unpaired) electrons. The third-order valence-electron chi connectivity index (χ3n) is 4.28. The quantitative estimate of drug-likeness (QED) is 0.277. The molecule has 0 saturated heterocycles. The first kappa shape index (κ1) is 32.5. The van der Waals surface area contributed by atoms with Crippen molar-refractivity contribution in [2.24, 2.45) is 0 Å². The maximum Gasteiger partial charge on any atom is 0.261 e. The average molecular weight is 649 g/mol. The largest absolute Gasteiger partial charge is 0.317 e. The Kier molecular flexibility index (Phi) is 16.8. The van der Waals surface area contributed by atoms with Gasteiger partial charge in [-0.2, -0.15) is 4.31 Å². The minimum Gasteiger partial charge on any atom is -0.317 e. The maximum atomic E-state index is 12.1. The lowest BCUT2D eigenvalue weighted by Gasteiger charge is -2.18. The zero-order chi connectivity index (χ0) is 25.5. The minimum absolute atomic E-state index is 0.133. The first-order valence-corrected chi connectivity index (χ1v) is 16.5. The first-order chi connectivity index (χ1) is 15.5. The van der Waals surface area contributed by atoms with E-state index in [4.69, 9.17) is 10.7 Å². The molecule has 0 atom stereocenters. The SMILES string of the molecule is CCN(CC)S(=O)(=O)c1ccc(CBr)cc1.CCNCC.O=S(=O)(Cl)c1ccc(CBr)cc1. The molecule has 0 bridgehead atoms. The van der Waals surface area contributed by atoms with Gasteiger partial charge in [0.15, 0.2) is 0 Å². The molecule has 0 aromatic heterocycles. The fourth-order valence-electron chi connectivity index (χ4n) is 2.45. The summed E-state index contributed by atoms with van der Waals surface area (Å²) < 4.78 is 47.2. The second kappa shape index (κ2) is 17.0. The van der Waals surface area contributed by atoms with Gasteiger partial charge in [-0.15, -0.1) is 0 Å². The maximum absolute atomic E-state index is 12.1. The molecule has 0 aliphatic carbocycles. The van der Waals surface area contributed by atoms with Gasteiger partial charge in [-0.05, 0) is 48.5 Å². The van der Waals surface area contributed by atoms with Crippen LogP contribution in [0, 0.1) is 0 Å². The molecule has 2 aromatic rings. The summed E-state index contributed by atoms with van der Waals surface area (Å²) in [7, 11) is -1.76. The lowest BCUT2D eigenvalue weighted by atomic mass is 10.2. The summed E-state index contributed by atoms with van der Waals surface area (Å²) in [6, 6.07) is 13.4. The van der Waals surface area contributed by atoms with Gasteiger partial charge in [0.05, 0.1) is 9.79 Å². The molecule has 0 amide bonds. The topological polar surface area (TPSA) is 83.6 Å². The van der Waals surface area contributed by atoms with Gasteiger partial charge in [-0.1, -0.05) is 83.8 Å². The van der Waals surface area contributed by atoms with E-state index in [1.54, 1.807) is 24.3 Å². The Morgan fingerprint density at radius 3 is 1.33 bits per heavy atom. The van der Waals surface area contributed by atoms with E-state index in [-0.39, 0.29) is 4.90 Å². The molecule has 0 saturated carbocycles. The van der Waals surface area contributed by atoms with Crippen molar-refractivity contribution in [2.75, 3.05) is 26.2 Å². The van der Waals surface area contributed by atoms with Crippen LogP contribution < -0.4 is 5.32 Å². The van der Waals surface area contributed by atoms with Crippen molar-refractivity contribution < 1.29 is 16.8 Å². The van der Waals surface area contributed by atoms with Gasteiger partial charge in [-0.3, -0.25) is 0 Å². The van der Waals surface area contributed by atoms with Gasteiger partial charge in [0.1, 0.15) is 0 Å². The highest BCUT2D eigenvalue weighted by Gasteiger charge is 2.20. The number of hydrogen-bond acceptors (Lipinski definition) is 5. The molecule has 0 aliphatic rings. The van der Waals surface area contributed by atoms with Gasteiger partial charge in [0, 0.05) is 34.4 Å². The monoisotopic (exact) mass is 646 g/mol. The fraction of sp³-hybridized carbons (Fsp3) is 0.455. The Hall–Kier alpha value is -0.490. The minimum atomic E-state index is -3.57. The Morgan fingerprint density at radius 2 is 1.09 bits per heavy atom. The number of nitrogens with zero attached hydrogens (tertiary/aromatic N) is 1. The van der Waals surface area contributed by atoms with E-state index in [1.165, 1.54) is 16.4 Å². The van der Waals surface area contributed by atoms with Crippen LogP contribution >= 0.6 is 42.5 Å². The predicted molar refractivity (Wildman–Crippen MR) is 146 cm³/mol. The van der Waals surface area contributed by atoms with Gasteiger partial charge in [0.2, 0.25) is 10.0 Å². The molecule has 2 rings (SSSR count). The van der Waals surface area contributed by atoms with Crippen LogP contribution in [0.1, 0.15) is 38.8 Å². The number of nitrogens with one attached hydrogen (secondary N) is 1. The number of halogens is 3. The number of sulfonamides is 1. The van der Waals surface area contributed by atoms with Gasteiger partial charge in [0.25, 0.3) is 9.05 Å². The van der Waals surface area contributed by atoms with E-state index < -0.39 is 19.1 Å². The van der Waals surface area contributed by atoms with Crippen molar-refractivity contribution in [3.05, 3.63) is 59.7 Å². The Morgan fingerprint density at radius 1 is 0.727 bits per heavy atom. The summed E-state index contributed by atoms with van der Waals surface area (Å²) in [5, 5.41) is 4.55. The predicted octanol–water partition coefficient (Wildman–Crippen LogP) is 5.74. The molecule has 0 unspecified atom stereocenters. The highest BCUT2D eigenvalue weighted by molar-refractivity contribution is 9.08. The van der Waals surface area contributed by atoms with Crippen LogP contribution in [0.25, 0.3) is 0 Å². The van der Waals surface area contributed by atoms with E-state index in [0.29, 0.717) is 23.3 Å². The molecule has 0 fully saturated rings. The van der Waals surface area contributed by atoms with Crippen molar-refractivity contribution >= 4 is 61.6 Å². The van der Waals surface area contributed by atoms with E-state index in [9.17, 15) is 16.8 Å². The van der Waals surface area contributed by atoms with Crippen LogP contribution in [0.2, 0.25) is 0 Å². The van der Waals surface area contributed by atoms with Crippen molar-refractivity contribution in [1.29, 1.82) is 0 Å². The normalized spacial score (nSPS) is 11.3. The van der Waals surface area contributed by atoms with Crippen LogP contribution in [-0.4, -0.2) is 47.3 Å². The molecular weight excluding hydrogens is 616 g/mol. The summed E-state index contributed by atoms with van der Waals surface area (Å²) in [6.07, 6.45) is 0. The summed E-state index contributed by atoms with van der Waals surface area (Å²) in [6.45, 7) is 11.1. The molecule has 0 heterocycles. The Bertz CT molecular complexity index is 996. The number of hydrogen-bond donors (Lipinski definition) is 1. The van der Waals surface area contributed by atoms with Crippen LogP contribution in [0.15, 0.2) is 58.3 Å². The van der Waals surface area contributed by atoms with E-state index >= 15 is 0 Å². The van der Waals surface area contributed by atoms with Crippen LogP contribution in [0.5, 0.6) is 0 Å². The van der Waals surface area contributed by atoms with Crippen molar-refractivity contribution in [1.82, 2.24) is 9.62 Å². The van der Waals surface area contributed by atoms with Crippen LogP contribution in [0.3, 0.4) is 0 Å². The average Bonchev–Trinajstić information content (AvgIpc) is 2.80. The molecule has 2 aromatic carbocycles. The summed E-state index contributed by atoms with van der Waals surface area (Å²) in [4.78, 5) is 0.495. The van der Waals surface area contributed by atoms with Crippen LogP contribution in [-0.2, 0) is 29.7 Å². The molecule has 11 heteroatoms. The molecule has 1 N–H and O–H groups in total. The second-order valence-electron chi connectivity index (χ2n) is 6.54. The third-order valence-corrected chi connectivity index (χ3v) is 9.01. The summed E-state index contributed by atoms with van der Waals surface area (Å²) in [5.74, 6) is 0. The smallest absolute Gasteiger partial charge is 0.261 e. The highest BCUT2D eigenvalue weighted by atomic mass is 79.9. The second-order valence-corrected chi connectivity index (χ2v) is 12.2. The zero-order valence-electron chi connectivity index (χ0n) is 19.4. The lowest BCUT2D eigenvalue weighted by Crippen LogP contribution is -2.30. The van der Waals surface area contributed by atoms with E-state index in [0.717, 1.165) is 29.5 Å². The number of rotatable bonds is 9. The van der Waals surface area contributed by atoms with Crippen LogP contribution in [0.4, 0.5) is 0 Å². The van der Waals surface area contributed by atoms with Crippen molar-refractivity contribution in [2.45, 2.75) is 48.1 Å². The molecule has 6 nitrogen and oxygen atoms in total. The van der Waals surface area contributed by atoms with Gasteiger partial charge in [-0.25, -0.2) is 16.8 Å².